The molecule has 1 atom stereocenters. The van der Waals surface area contributed by atoms with Crippen molar-refractivity contribution >= 4 is 15.9 Å². The van der Waals surface area contributed by atoms with Gasteiger partial charge in [0, 0.05) is 52.4 Å². The topological polar surface area (TPSA) is 73.0 Å². The van der Waals surface area contributed by atoms with E-state index >= 15 is 0 Å². The Morgan fingerprint density at radius 2 is 1.74 bits per heavy atom. The average molecular weight is 449 g/mol. The van der Waals surface area contributed by atoms with E-state index in [0.29, 0.717) is 18.0 Å². The van der Waals surface area contributed by atoms with Gasteiger partial charge >= 0.3 is 0 Å². The molecule has 8 heteroatoms. The second-order valence-electron chi connectivity index (χ2n) is 9.52. The highest BCUT2D eigenvalue weighted by molar-refractivity contribution is 7.89. The van der Waals surface area contributed by atoms with Crippen LogP contribution in [0.4, 0.5) is 0 Å². The standard InChI is InChI=1S/C23H36N4O3S/c1-25-14-16-26(17-15-25)13-12-24-22(28)21-18-27(19-23(21)10-6-3-7-11-23)31(29,30)20-8-4-2-5-9-20/h2,4-5,8-9,21H,3,6-7,10-19H2,1H3,(H,24,28)/t21-/m0/s1. The Kier molecular flexibility index (Phi) is 7.01. The molecule has 0 aromatic heterocycles. The van der Waals surface area contributed by atoms with Crippen molar-refractivity contribution in [1.29, 1.82) is 0 Å². The van der Waals surface area contributed by atoms with Crippen LogP contribution in [-0.4, -0.2) is 87.8 Å². The van der Waals surface area contributed by atoms with Gasteiger partial charge in [0.25, 0.3) is 0 Å². The lowest BCUT2D eigenvalue weighted by atomic mass is 9.67. The summed E-state index contributed by atoms with van der Waals surface area (Å²) in [4.78, 5) is 18.3. The molecule has 1 spiro atoms. The minimum atomic E-state index is -3.58. The second-order valence-corrected chi connectivity index (χ2v) is 11.5. The number of nitrogens with zero attached hydrogens (tertiary/aromatic N) is 3. The van der Waals surface area contributed by atoms with Gasteiger partial charge in [-0.25, -0.2) is 8.42 Å². The normalized spacial score (nSPS) is 25.6. The van der Waals surface area contributed by atoms with Gasteiger partial charge in [0.05, 0.1) is 10.8 Å². The summed E-state index contributed by atoms with van der Waals surface area (Å²) in [5.74, 6) is -0.236. The van der Waals surface area contributed by atoms with Crippen molar-refractivity contribution in [2.75, 3.05) is 59.4 Å². The van der Waals surface area contributed by atoms with Crippen LogP contribution in [0.15, 0.2) is 35.2 Å². The molecule has 0 radical (unpaired) electrons. The highest BCUT2D eigenvalue weighted by Gasteiger charge is 2.53. The first-order chi connectivity index (χ1) is 14.9. The summed E-state index contributed by atoms with van der Waals surface area (Å²) in [5.41, 5.74) is -0.224. The largest absolute Gasteiger partial charge is 0.355 e. The van der Waals surface area contributed by atoms with Gasteiger partial charge in [-0.05, 0) is 37.4 Å². The van der Waals surface area contributed by atoms with E-state index in [1.807, 2.05) is 6.07 Å². The maximum atomic E-state index is 13.3. The molecule has 3 aliphatic rings. The van der Waals surface area contributed by atoms with Crippen LogP contribution in [0.3, 0.4) is 0 Å². The maximum Gasteiger partial charge on any atom is 0.243 e. The van der Waals surface area contributed by atoms with Crippen LogP contribution >= 0.6 is 0 Å². The fourth-order valence-corrected chi connectivity index (χ4v) is 7.07. The SMILES string of the molecule is CN1CCN(CCNC(=O)[C@@H]2CN(S(=O)(=O)c3ccccc3)CC23CCCCC3)CC1. The number of hydrogen-bond donors (Lipinski definition) is 1. The second kappa shape index (κ2) is 9.57. The molecule has 4 rings (SSSR count). The predicted octanol–water partition coefficient (Wildman–Crippen LogP) is 1.62. The van der Waals surface area contributed by atoms with Crippen LogP contribution in [0.2, 0.25) is 0 Å². The molecule has 1 saturated carbocycles. The summed E-state index contributed by atoms with van der Waals surface area (Å²) in [5, 5.41) is 3.15. The van der Waals surface area contributed by atoms with Crippen LogP contribution in [0.1, 0.15) is 32.1 Å². The molecule has 1 aliphatic carbocycles. The highest BCUT2D eigenvalue weighted by atomic mass is 32.2. The molecule has 172 valence electrons. The third-order valence-corrected chi connectivity index (χ3v) is 9.31. The zero-order valence-electron chi connectivity index (χ0n) is 18.6. The summed E-state index contributed by atoms with van der Waals surface area (Å²) >= 11 is 0. The number of sulfonamides is 1. The molecule has 31 heavy (non-hydrogen) atoms. The van der Waals surface area contributed by atoms with E-state index in [4.69, 9.17) is 0 Å². The van der Waals surface area contributed by atoms with E-state index in [2.05, 4.69) is 22.2 Å². The Labute approximate surface area is 186 Å². The van der Waals surface area contributed by atoms with Gasteiger partial charge < -0.3 is 10.2 Å². The van der Waals surface area contributed by atoms with Crippen molar-refractivity contribution in [3.63, 3.8) is 0 Å². The van der Waals surface area contributed by atoms with E-state index < -0.39 is 10.0 Å². The molecule has 7 nitrogen and oxygen atoms in total. The van der Waals surface area contributed by atoms with Crippen LogP contribution in [0, 0.1) is 11.3 Å². The first-order valence-electron chi connectivity index (χ1n) is 11.6. The number of nitrogens with one attached hydrogen (secondary N) is 1. The Morgan fingerprint density at radius 3 is 2.42 bits per heavy atom. The van der Waals surface area contributed by atoms with Crippen LogP contribution in [-0.2, 0) is 14.8 Å². The summed E-state index contributed by atoms with van der Waals surface area (Å²) in [6.45, 7) is 6.41. The molecular weight excluding hydrogens is 412 g/mol. The number of piperazine rings is 1. The van der Waals surface area contributed by atoms with Crippen LogP contribution in [0.25, 0.3) is 0 Å². The highest BCUT2D eigenvalue weighted by Crippen LogP contribution is 2.48. The monoisotopic (exact) mass is 448 g/mol. The lowest BCUT2D eigenvalue weighted by Crippen LogP contribution is -2.48. The number of hydrogen-bond acceptors (Lipinski definition) is 5. The number of carbonyl (C=O) groups excluding carboxylic acids is 1. The lowest BCUT2D eigenvalue weighted by molar-refractivity contribution is -0.128. The van der Waals surface area contributed by atoms with Gasteiger partial charge in [-0.15, -0.1) is 0 Å². The molecule has 1 amide bonds. The van der Waals surface area contributed by atoms with Gasteiger partial charge in [-0.2, -0.15) is 4.31 Å². The molecule has 0 unspecified atom stereocenters. The summed E-state index contributed by atoms with van der Waals surface area (Å²) in [6.07, 6.45) is 5.19. The Hall–Kier alpha value is -1.48. The average Bonchev–Trinajstić information content (AvgIpc) is 3.15. The third-order valence-electron chi connectivity index (χ3n) is 7.49. The van der Waals surface area contributed by atoms with Gasteiger partial charge in [0.2, 0.25) is 15.9 Å². The molecule has 2 saturated heterocycles. The van der Waals surface area contributed by atoms with Crippen molar-refractivity contribution in [1.82, 2.24) is 19.4 Å². The first kappa shape index (κ1) is 22.7. The maximum absolute atomic E-state index is 13.3. The molecule has 2 heterocycles. The van der Waals surface area contributed by atoms with Crippen molar-refractivity contribution in [3.05, 3.63) is 30.3 Å². The van der Waals surface area contributed by atoms with Gasteiger partial charge in [0.15, 0.2) is 0 Å². The minimum Gasteiger partial charge on any atom is -0.355 e. The Balaban J connectivity index is 1.43. The molecule has 2 aliphatic heterocycles. The van der Waals surface area contributed by atoms with Gasteiger partial charge in [0.1, 0.15) is 0 Å². The Bertz CT molecular complexity index is 847. The van der Waals surface area contributed by atoms with Crippen molar-refractivity contribution in [2.24, 2.45) is 11.3 Å². The summed E-state index contributed by atoms with van der Waals surface area (Å²) < 4.78 is 28.1. The summed E-state index contributed by atoms with van der Waals surface area (Å²) in [6, 6.07) is 8.62. The van der Waals surface area contributed by atoms with E-state index in [9.17, 15) is 13.2 Å². The number of amides is 1. The fourth-order valence-electron chi connectivity index (χ4n) is 5.50. The molecular formula is C23H36N4O3S. The molecule has 1 aromatic rings. The smallest absolute Gasteiger partial charge is 0.243 e. The summed E-state index contributed by atoms with van der Waals surface area (Å²) in [7, 11) is -1.45. The van der Waals surface area contributed by atoms with E-state index in [0.717, 1.165) is 58.4 Å². The van der Waals surface area contributed by atoms with Crippen LogP contribution < -0.4 is 5.32 Å². The zero-order valence-corrected chi connectivity index (χ0v) is 19.4. The van der Waals surface area contributed by atoms with Gasteiger partial charge in [-0.1, -0.05) is 37.5 Å². The van der Waals surface area contributed by atoms with Crippen molar-refractivity contribution < 1.29 is 13.2 Å². The molecule has 1 aromatic carbocycles. The zero-order chi connectivity index (χ0) is 21.9. The van der Waals surface area contributed by atoms with E-state index in [-0.39, 0.29) is 23.8 Å². The van der Waals surface area contributed by atoms with Crippen molar-refractivity contribution in [2.45, 2.75) is 37.0 Å². The molecule has 3 fully saturated rings. The minimum absolute atomic E-state index is 0.0294. The number of benzene rings is 1. The molecule has 1 N–H and O–H groups in total. The number of carbonyl (C=O) groups is 1. The van der Waals surface area contributed by atoms with Crippen LogP contribution in [0.5, 0.6) is 0 Å². The third kappa shape index (κ3) is 4.97. The first-order valence-corrected chi connectivity index (χ1v) is 13.1. The number of likely N-dealkylation sites (N-methyl/N-ethyl adjacent to an activating group) is 1. The fraction of sp³-hybridized carbons (Fsp3) is 0.696. The number of rotatable bonds is 6. The predicted molar refractivity (Wildman–Crippen MR) is 121 cm³/mol. The quantitative estimate of drug-likeness (QED) is 0.716. The van der Waals surface area contributed by atoms with Crippen molar-refractivity contribution in [3.8, 4) is 0 Å². The van der Waals surface area contributed by atoms with E-state index in [1.54, 1.807) is 28.6 Å². The van der Waals surface area contributed by atoms with E-state index in [1.165, 1.54) is 6.42 Å². The van der Waals surface area contributed by atoms with Gasteiger partial charge in [-0.3, -0.25) is 9.69 Å². The lowest BCUT2D eigenvalue weighted by Gasteiger charge is -2.37. The Morgan fingerprint density at radius 1 is 1.06 bits per heavy atom. The molecule has 0 bridgehead atoms.